The van der Waals surface area contributed by atoms with Gasteiger partial charge in [-0.1, -0.05) is 29.8 Å². The lowest BCUT2D eigenvalue weighted by Crippen LogP contribution is -2.17. The minimum Gasteiger partial charge on any atom is -0.489 e. The highest BCUT2D eigenvalue weighted by Crippen LogP contribution is 2.27. The standard InChI is InChI=1S/C26H21ClN6O2/c1-28-25(34)19-5-9-20(10-6-19)30-26-31-24-22(3-2-14-33(24)32-26)18-7-11-21(12-8-18)35-16-17-4-13-23(27)29-15-17/h2-15H,16H2,1H3,(H,28,34)(H,30,32). The number of nitrogens with zero attached hydrogens (tertiary/aromatic N) is 4. The molecule has 5 rings (SSSR count). The molecular formula is C26H21ClN6O2. The largest absolute Gasteiger partial charge is 0.489 e. The Hall–Kier alpha value is -4.43. The summed E-state index contributed by atoms with van der Waals surface area (Å²) in [6.45, 7) is 0.405. The van der Waals surface area contributed by atoms with Crippen molar-refractivity contribution >= 4 is 34.8 Å². The molecule has 0 saturated heterocycles. The van der Waals surface area contributed by atoms with Crippen LogP contribution in [0.1, 0.15) is 15.9 Å². The number of rotatable bonds is 7. The molecular weight excluding hydrogens is 464 g/mol. The number of hydrogen-bond acceptors (Lipinski definition) is 6. The Labute approximate surface area is 206 Å². The Morgan fingerprint density at radius 2 is 1.83 bits per heavy atom. The van der Waals surface area contributed by atoms with Crippen molar-refractivity contribution in [3.63, 3.8) is 0 Å². The Morgan fingerprint density at radius 1 is 1.03 bits per heavy atom. The molecule has 0 spiro atoms. The second kappa shape index (κ2) is 9.82. The van der Waals surface area contributed by atoms with Crippen LogP contribution in [0.2, 0.25) is 5.15 Å². The van der Waals surface area contributed by atoms with Crippen molar-refractivity contribution in [1.29, 1.82) is 0 Å². The summed E-state index contributed by atoms with van der Waals surface area (Å²) in [5.41, 5.74) is 4.96. The highest BCUT2D eigenvalue weighted by molar-refractivity contribution is 6.29. The summed E-state index contributed by atoms with van der Waals surface area (Å²) in [5.74, 6) is 1.08. The van der Waals surface area contributed by atoms with E-state index in [1.807, 2.05) is 60.8 Å². The lowest BCUT2D eigenvalue weighted by Gasteiger charge is -2.08. The van der Waals surface area contributed by atoms with Gasteiger partial charge in [0.15, 0.2) is 5.65 Å². The third-order valence-corrected chi connectivity index (χ3v) is 5.58. The van der Waals surface area contributed by atoms with E-state index in [2.05, 4.69) is 25.7 Å². The van der Waals surface area contributed by atoms with Crippen molar-refractivity contribution in [3.8, 4) is 16.9 Å². The van der Waals surface area contributed by atoms with Gasteiger partial charge in [0, 0.05) is 41.8 Å². The van der Waals surface area contributed by atoms with Gasteiger partial charge in [0.1, 0.15) is 17.5 Å². The smallest absolute Gasteiger partial charge is 0.251 e. The average molecular weight is 485 g/mol. The normalized spacial score (nSPS) is 10.8. The number of amides is 1. The minimum atomic E-state index is -0.134. The zero-order chi connectivity index (χ0) is 24.2. The van der Waals surface area contributed by atoms with Gasteiger partial charge in [-0.25, -0.2) is 9.50 Å². The molecule has 0 fully saturated rings. The van der Waals surface area contributed by atoms with Crippen LogP contribution in [-0.2, 0) is 6.61 Å². The van der Waals surface area contributed by atoms with Gasteiger partial charge in [0.25, 0.3) is 5.91 Å². The number of carbonyl (C=O) groups is 1. The third kappa shape index (κ3) is 5.07. The van der Waals surface area contributed by atoms with E-state index in [-0.39, 0.29) is 5.91 Å². The van der Waals surface area contributed by atoms with Crippen LogP contribution in [0.3, 0.4) is 0 Å². The quantitative estimate of drug-likeness (QED) is 0.311. The number of pyridine rings is 2. The van der Waals surface area contributed by atoms with Gasteiger partial charge in [0.2, 0.25) is 5.95 Å². The van der Waals surface area contributed by atoms with Crippen molar-refractivity contribution in [2.75, 3.05) is 12.4 Å². The van der Waals surface area contributed by atoms with E-state index in [1.165, 1.54) is 0 Å². The summed E-state index contributed by atoms with van der Waals surface area (Å²) in [6, 6.07) is 22.5. The molecule has 0 saturated carbocycles. The van der Waals surface area contributed by atoms with Crippen LogP contribution in [0.25, 0.3) is 16.8 Å². The van der Waals surface area contributed by atoms with Crippen LogP contribution in [0.4, 0.5) is 11.6 Å². The lowest BCUT2D eigenvalue weighted by molar-refractivity contribution is 0.0963. The molecule has 1 amide bonds. The molecule has 0 aliphatic rings. The second-order valence-corrected chi connectivity index (χ2v) is 8.10. The summed E-state index contributed by atoms with van der Waals surface area (Å²) < 4.78 is 7.59. The number of anilines is 2. The summed E-state index contributed by atoms with van der Waals surface area (Å²) >= 11 is 5.83. The van der Waals surface area contributed by atoms with Crippen LogP contribution in [-0.4, -0.2) is 32.5 Å². The van der Waals surface area contributed by atoms with E-state index >= 15 is 0 Å². The van der Waals surface area contributed by atoms with E-state index in [4.69, 9.17) is 16.3 Å². The first-order chi connectivity index (χ1) is 17.1. The molecule has 3 heterocycles. The summed E-state index contributed by atoms with van der Waals surface area (Å²) in [7, 11) is 1.60. The molecule has 2 N–H and O–H groups in total. The number of fused-ring (bicyclic) bond motifs is 1. The SMILES string of the molecule is CNC(=O)c1ccc(Nc2nc3c(-c4ccc(OCc5ccc(Cl)nc5)cc4)cccn3n2)cc1. The molecule has 5 aromatic rings. The summed E-state index contributed by atoms with van der Waals surface area (Å²) in [5, 5.41) is 10.8. The first kappa shape index (κ1) is 22.4. The number of aromatic nitrogens is 4. The van der Waals surface area contributed by atoms with Crippen LogP contribution in [0.15, 0.2) is 85.2 Å². The summed E-state index contributed by atoms with van der Waals surface area (Å²) in [6.07, 6.45) is 3.55. The second-order valence-electron chi connectivity index (χ2n) is 7.71. The monoisotopic (exact) mass is 484 g/mol. The predicted molar refractivity (Wildman–Crippen MR) is 135 cm³/mol. The Kier molecular flexibility index (Phi) is 6.28. The maximum Gasteiger partial charge on any atom is 0.251 e. The van der Waals surface area contributed by atoms with Crippen molar-refractivity contribution < 1.29 is 9.53 Å². The van der Waals surface area contributed by atoms with E-state index < -0.39 is 0 Å². The number of carbonyl (C=O) groups excluding carboxylic acids is 1. The number of nitrogens with one attached hydrogen (secondary N) is 2. The molecule has 0 aliphatic carbocycles. The number of halogens is 1. The van der Waals surface area contributed by atoms with Crippen molar-refractivity contribution in [1.82, 2.24) is 24.9 Å². The lowest BCUT2D eigenvalue weighted by atomic mass is 10.1. The van der Waals surface area contributed by atoms with Crippen LogP contribution >= 0.6 is 11.6 Å². The van der Waals surface area contributed by atoms with Crippen molar-refractivity contribution in [2.45, 2.75) is 6.61 Å². The number of benzene rings is 2. The first-order valence-electron chi connectivity index (χ1n) is 10.9. The van der Waals surface area contributed by atoms with Crippen molar-refractivity contribution in [3.05, 3.63) is 101 Å². The summed E-state index contributed by atoms with van der Waals surface area (Å²) in [4.78, 5) is 20.5. The maximum absolute atomic E-state index is 11.7. The van der Waals surface area contributed by atoms with Gasteiger partial charge in [-0.15, -0.1) is 5.10 Å². The van der Waals surface area contributed by atoms with Crippen LogP contribution in [0.5, 0.6) is 5.75 Å². The minimum absolute atomic E-state index is 0.134. The number of hydrogen-bond donors (Lipinski definition) is 2. The molecule has 8 nitrogen and oxygen atoms in total. The molecule has 2 aromatic carbocycles. The van der Waals surface area contributed by atoms with Gasteiger partial charge >= 0.3 is 0 Å². The molecule has 0 unspecified atom stereocenters. The first-order valence-corrected chi connectivity index (χ1v) is 11.2. The van der Waals surface area contributed by atoms with Gasteiger partial charge in [-0.05, 0) is 60.2 Å². The Balaban J connectivity index is 1.32. The van der Waals surface area contributed by atoms with Crippen LogP contribution in [0, 0.1) is 0 Å². The van der Waals surface area contributed by atoms with E-state index in [9.17, 15) is 4.79 Å². The van der Waals surface area contributed by atoms with E-state index in [0.717, 1.165) is 33.8 Å². The molecule has 0 aliphatic heterocycles. The molecule has 0 bridgehead atoms. The van der Waals surface area contributed by atoms with Crippen molar-refractivity contribution in [2.24, 2.45) is 0 Å². The predicted octanol–water partition coefficient (Wildman–Crippen LogP) is 5.13. The third-order valence-electron chi connectivity index (χ3n) is 5.35. The van der Waals surface area contributed by atoms with E-state index in [0.29, 0.717) is 23.3 Å². The maximum atomic E-state index is 11.7. The van der Waals surface area contributed by atoms with Gasteiger partial charge in [-0.2, -0.15) is 4.98 Å². The molecule has 174 valence electrons. The molecule has 35 heavy (non-hydrogen) atoms. The molecule has 0 atom stereocenters. The fraction of sp³-hybridized carbons (Fsp3) is 0.0769. The highest BCUT2D eigenvalue weighted by atomic mass is 35.5. The fourth-order valence-electron chi connectivity index (χ4n) is 3.55. The average Bonchev–Trinajstić information content (AvgIpc) is 3.31. The topological polar surface area (TPSA) is 93.4 Å². The van der Waals surface area contributed by atoms with Gasteiger partial charge in [-0.3, -0.25) is 4.79 Å². The van der Waals surface area contributed by atoms with Gasteiger partial charge in [0.05, 0.1) is 0 Å². The highest BCUT2D eigenvalue weighted by Gasteiger charge is 2.11. The fourth-order valence-corrected chi connectivity index (χ4v) is 3.66. The Bertz CT molecular complexity index is 1470. The van der Waals surface area contributed by atoms with E-state index in [1.54, 1.807) is 36.0 Å². The van der Waals surface area contributed by atoms with Crippen LogP contribution < -0.4 is 15.4 Å². The van der Waals surface area contributed by atoms with Gasteiger partial charge < -0.3 is 15.4 Å². The molecule has 0 radical (unpaired) electrons. The number of ether oxygens (including phenoxy) is 1. The molecule has 3 aromatic heterocycles. The molecule has 9 heteroatoms. The zero-order valence-corrected chi connectivity index (χ0v) is 19.5. The Morgan fingerprint density at radius 3 is 2.54 bits per heavy atom. The zero-order valence-electron chi connectivity index (χ0n) is 18.8.